The van der Waals surface area contributed by atoms with Crippen LogP contribution in [-0.2, 0) is 21.3 Å². The number of nitrogens with zero attached hydrogens (tertiary/aromatic N) is 1. The van der Waals surface area contributed by atoms with Crippen LogP contribution in [0.15, 0.2) is 40.9 Å². The second-order valence-corrected chi connectivity index (χ2v) is 10.4. The van der Waals surface area contributed by atoms with Crippen LogP contribution in [0.25, 0.3) is 0 Å². The van der Waals surface area contributed by atoms with Crippen LogP contribution in [0.3, 0.4) is 0 Å². The van der Waals surface area contributed by atoms with Crippen molar-refractivity contribution in [3.8, 4) is 0 Å². The predicted octanol–water partition coefficient (Wildman–Crippen LogP) is 3.27. The predicted molar refractivity (Wildman–Crippen MR) is 112 cm³/mol. The molecule has 5 nitrogen and oxygen atoms in total. The second kappa shape index (κ2) is 9.65. The van der Waals surface area contributed by atoms with E-state index in [4.69, 9.17) is 4.74 Å². The zero-order valence-electron chi connectivity index (χ0n) is 15.8. The van der Waals surface area contributed by atoms with Gasteiger partial charge in [0.1, 0.15) is 0 Å². The number of allylic oxidation sites excluding steroid dienone is 1. The molecule has 3 unspecified atom stereocenters. The molecule has 7 heteroatoms. The van der Waals surface area contributed by atoms with Gasteiger partial charge in [-0.15, -0.1) is 0 Å². The van der Waals surface area contributed by atoms with Crippen LogP contribution in [-0.4, -0.2) is 51.4 Å². The molecule has 0 spiro atoms. The molecular weight excluding hydrogens is 428 g/mol. The molecule has 0 bridgehead atoms. The SMILES string of the molecule is CS(=O)(=O)NC1CCN(Cc2ccccc2)CC1COC1CC=C(Br)CC1. The standard InChI is InChI=1S/C20H29BrN2O3S/c1-27(24,25)22-20-11-12-23(13-16-5-3-2-4-6-16)14-17(20)15-26-19-9-7-18(21)8-10-19/h2-7,17,19-20,22H,8-15H2,1H3. The highest BCUT2D eigenvalue weighted by molar-refractivity contribution is 9.11. The molecule has 1 heterocycles. The summed E-state index contributed by atoms with van der Waals surface area (Å²) in [6.07, 6.45) is 7.42. The quantitative estimate of drug-likeness (QED) is 0.683. The number of hydrogen-bond donors (Lipinski definition) is 1. The van der Waals surface area contributed by atoms with E-state index in [1.54, 1.807) is 0 Å². The Labute approximate surface area is 171 Å². The minimum Gasteiger partial charge on any atom is -0.377 e. The summed E-state index contributed by atoms with van der Waals surface area (Å²) in [6, 6.07) is 10.4. The Balaban J connectivity index is 1.60. The molecule has 1 N–H and O–H groups in total. The summed E-state index contributed by atoms with van der Waals surface area (Å²) >= 11 is 3.55. The van der Waals surface area contributed by atoms with Crippen molar-refractivity contribution in [1.29, 1.82) is 0 Å². The van der Waals surface area contributed by atoms with Crippen molar-refractivity contribution in [3.05, 3.63) is 46.5 Å². The third-order valence-corrected chi connectivity index (χ3v) is 6.74. The maximum absolute atomic E-state index is 11.8. The lowest BCUT2D eigenvalue weighted by molar-refractivity contribution is -0.00401. The molecule has 1 aliphatic carbocycles. The van der Waals surface area contributed by atoms with Crippen molar-refractivity contribution in [2.45, 2.75) is 44.4 Å². The Morgan fingerprint density at radius 2 is 2.04 bits per heavy atom. The fourth-order valence-corrected chi connectivity index (χ4v) is 5.16. The average Bonchev–Trinajstić information content (AvgIpc) is 2.63. The molecule has 0 amide bonds. The van der Waals surface area contributed by atoms with E-state index in [-0.39, 0.29) is 18.1 Å². The molecule has 1 saturated heterocycles. The number of nitrogens with one attached hydrogen (secondary N) is 1. The lowest BCUT2D eigenvalue weighted by Crippen LogP contribution is -2.52. The highest BCUT2D eigenvalue weighted by atomic mass is 79.9. The zero-order valence-corrected chi connectivity index (χ0v) is 18.2. The smallest absolute Gasteiger partial charge is 0.208 e. The molecular formula is C20H29BrN2O3S. The Kier molecular flexibility index (Phi) is 7.50. The number of hydrogen-bond acceptors (Lipinski definition) is 4. The molecule has 1 aliphatic heterocycles. The highest BCUT2D eigenvalue weighted by Crippen LogP contribution is 2.26. The van der Waals surface area contributed by atoms with Crippen molar-refractivity contribution in [2.24, 2.45) is 5.92 Å². The van der Waals surface area contributed by atoms with Gasteiger partial charge in [0.15, 0.2) is 0 Å². The first-order chi connectivity index (χ1) is 12.9. The van der Waals surface area contributed by atoms with Gasteiger partial charge in [0.25, 0.3) is 0 Å². The summed E-state index contributed by atoms with van der Waals surface area (Å²) in [5, 5.41) is 0. The number of piperidine rings is 1. The maximum atomic E-state index is 11.8. The summed E-state index contributed by atoms with van der Waals surface area (Å²) in [5.41, 5.74) is 1.29. The Bertz CT molecular complexity index is 739. The first kappa shape index (κ1) is 21.0. The van der Waals surface area contributed by atoms with E-state index in [0.717, 1.165) is 45.3 Å². The summed E-state index contributed by atoms with van der Waals surface area (Å²) in [6.45, 7) is 3.21. The third-order valence-electron chi connectivity index (χ3n) is 5.29. The first-order valence-electron chi connectivity index (χ1n) is 9.59. The molecule has 3 atom stereocenters. The van der Waals surface area contributed by atoms with Gasteiger partial charge in [-0.25, -0.2) is 13.1 Å². The van der Waals surface area contributed by atoms with Gasteiger partial charge in [-0.05, 0) is 35.7 Å². The van der Waals surface area contributed by atoms with Crippen LogP contribution < -0.4 is 4.72 Å². The largest absolute Gasteiger partial charge is 0.377 e. The van der Waals surface area contributed by atoms with E-state index in [0.29, 0.717) is 6.61 Å². The van der Waals surface area contributed by atoms with E-state index in [1.165, 1.54) is 16.3 Å². The Hall–Kier alpha value is -0.730. The number of sulfonamides is 1. The Morgan fingerprint density at radius 1 is 1.26 bits per heavy atom. The van der Waals surface area contributed by atoms with Crippen molar-refractivity contribution in [2.75, 3.05) is 26.0 Å². The molecule has 1 aromatic carbocycles. The summed E-state index contributed by atoms with van der Waals surface area (Å²) < 4.78 is 33.8. The van der Waals surface area contributed by atoms with E-state index in [9.17, 15) is 8.42 Å². The molecule has 27 heavy (non-hydrogen) atoms. The van der Waals surface area contributed by atoms with Gasteiger partial charge in [-0.1, -0.05) is 52.3 Å². The lowest BCUT2D eigenvalue weighted by Gasteiger charge is -2.39. The molecule has 0 saturated carbocycles. The van der Waals surface area contributed by atoms with Crippen LogP contribution in [0.5, 0.6) is 0 Å². The van der Waals surface area contributed by atoms with E-state index in [1.807, 2.05) is 6.07 Å². The number of benzene rings is 1. The van der Waals surface area contributed by atoms with E-state index in [2.05, 4.69) is 55.9 Å². The van der Waals surface area contributed by atoms with Gasteiger partial charge in [-0.2, -0.15) is 0 Å². The van der Waals surface area contributed by atoms with Gasteiger partial charge in [-0.3, -0.25) is 4.90 Å². The van der Waals surface area contributed by atoms with E-state index < -0.39 is 10.0 Å². The van der Waals surface area contributed by atoms with Gasteiger partial charge < -0.3 is 4.74 Å². The normalized spacial score (nSPS) is 27.3. The summed E-state index contributed by atoms with van der Waals surface area (Å²) in [4.78, 5) is 2.40. The zero-order chi connectivity index (χ0) is 19.3. The van der Waals surface area contributed by atoms with Crippen molar-refractivity contribution in [3.63, 3.8) is 0 Å². The highest BCUT2D eigenvalue weighted by Gasteiger charge is 2.32. The van der Waals surface area contributed by atoms with Gasteiger partial charge >= 0.3 is 0 Å². The summed E-state index contributed by atoms with van der Waals surface area (Å²) in [5.74, 6) is 0.159. The van der Waals surface area contributed by atoms with Gasteiger partial charge in [0.2, 0.25) is 10.0 Å². The van der Waals surface area contributed by atoms with Crippen LogP contribution in [0.4, 0.5) is 0 Å². The van der Waals surface area contributed by atoms with Crippen LogP contribution in [0.2, 0.25) is 0 Å². The molecule has 3 rings (SSSR count). The fraction of sp³-hybridized carbons (Fsp3) is 0.600. The molecule has 1 fully saturated rings. The van der Waals surface area contributed by atoms with Crippen molar-refractivity contribution >= 4 is 26.0 Å². The molecule has 0 aromatic heterocycles. The number of ether oxygens (including phenoxy) is 1. The lowest BCUT2D eigenvalue weighted by atomic mass is 9.93. The van der Waals surface area contributed by atoms with Crippen LogP contribution in [0, 0.1) is 5.92 Å². The molecule has 2 aliphatic rings. The van der Waals surface area contributed by atoms with Gasteiger partial charge in [0.05, 0.1) is 19.0 Å². The van der Waals surface area contributed by atoms with Crippen LogP contribution in [0.1, 0.15) is 31.2 Å². The monoisotopic (exact) mass is 456 g/mol. The first-order valence-corrected chi connectivity index (χ1v) is 12.3. The third kappa shape index (κ3) is 6.98. The maximum Gasteiger partial charge on any atom is 0.208 e. The van der Waals surface area contributed by atoms with Crippen LogP contribution >= 0.6 is 15.9 Å². The summed E-state index contributed by atoms with van der Waals surface area (Å²) in [7, 11) is -3.22. The number of likely N-dealkylation sites (tertiary alicyclic amines) is 1. The minimum absolute atomic E-state index is 0.0575. The Morgan fingerprint density at radius 3 is 2.70 bits per heavy atom. The van der Waals surface area contributed by atoms with Crippen molar-refractivity contribution in [1.82, 2.24) is 9.62 Å². The average molecular weight is 457 g/mol. The molecule has 0 radical (unpaired) electrons. The minimum atomic E-state index is -3.22. The number of halogens is 1. The van der Waals surface area contributed by atoms with Crippen molar-refractivity contribution < 1.29 is 13.2 Å². The van der Waals surface area contributed by atoms with Gasteiger partial charge in [0, 0.05) is 31.6 Å². The number of rotatable bonds is 7. The second-order valence-electron chi connectivity index (χ2n) is 7.65. The topological polar surface area (TPSA) is 58.6 Å². The molecule has 150 valence electrons. The fourth-order valence-electron chi connectivity index (χ4n) is 3.88. The van der Waals surface area contributed by atoms with E-state index >= 15 is 0 Å². The molecule has 1 aromatic rings.